The Hall–Kier alpha value is -3.40. The Balaban J connectivity index is 2.01. The minimum absolute atomic E-state index is 0.211. The molecule has 0 aliphatic heterocycles. The molecule has 3 aromatic carbocycles. The summed E-state index contributed by atoms with van der Waals surface area (Å²) in [5, 5.41) is 20.4. The fraction of sp³-hybridized carbons (Fsp3) is 0.167. The third-order valence-corrected chi connectivity index (χ3v) is 4.54. The number of rotatable bonds is 4. The van der Waals surface area contributed by atoms with Crippen molar-refractivity contribution < 1.29 is 10.2 Å². The molecule has 0 aliphatic rings. The summed E-state index contributed by atoms with van der Waals surface area (Å²) in [6.07, 6.45) is 0. The quantitative estimate of drug-likeness (QED) is 0.552. The van der Waals surface area contributed by atoms with Crippen LogP contribution in [0.5, 0.6) is 11.5 Å². The lowest BCUT2D eigenvalue weighted by Crippen LogP contribution is -1.96. The SMILES string of the molecule is CC(=Nc1ccccc1N=C(C)c1ccc(C)cc1O)c1ccc(C)cc1O. The number of hydrogen-bond acceptors (Lipinski definition) is 4. The summed E-state index contributed by atoms with van der Waals surface area (Å²) in [5.41, 5.74) is 6.18. The maximum atomic E-state index is 10.2. The van der Waals surface area contributed by atoms with Crippen molar-refractivity contribution >= 4 is 22.8 Å². The van der Waals surface area contributed by atoms with Gasteiger partial charge in [-0.15, -0.1) is 0 Å². The molecule has 2 N–H and O–H groups in total. The van der Waals surface area contributed by atoms with Crippen LogP contribution in [0.15, 0.2) is 70.6 Å². The average Bonchev–Trinajstić information content (AvgIpc) is 2.63. The number of aliphatic imine (C=N–C) groups is 2. The first-order valence-electron chi connectivity index (χ1n) is 9.15. The van der Waals surface area contributed by atoms with Crippen LogP contribution >= 0.6 is 0 Å². The molecule has 0 amide bonds. The molecule has 0 heterocycles. The summed E-state index contributed by atoms with van der Waals surface area (Å²) < 4.78 is 0. The molecule has 28 heavy (non-hydrogen) atoms. The summed E-state index contributed by atoms with van der Waals surface area (Å²) in [6, 6.07) is 18.6. The van der Waals surface area contributed by atoms with E-state index in [0.717, 1.165) is 11.1 Å². The summed E-state index contributed by atoms with van der Waals surface area (Å²) in [7, 11) is 0. The van der Waals surface area contributed by atoms with Crippen LogP contribution < -0.4 is 0 Å². The molecule has 0 fully saturated rings. The molecule has 0 bridgehead atoms. The van der Waals surface area contributed by atoms with Crippen molar-refractivity contribution in [1.82, 2.24) is 0 Å². The van der Waals surface area contributed by atoms with Gasteiger partial charge in [0.1, 0.15) is 11.5 Å². The van der Waals surface area contributed by atoms with Gasteiger partial charge >= 0.3 is 0 Å². The number of phenolic OH excluding ortho intramolecular Hbond substituents is 2. The Labute approximate surface area is 165 Å². The smallest absolute Gasteiger partial charge is 0.124 e. The molecule has 3 rings (SSSR count). The van der Waals surface area contributed by atoms with E-state index in [1.807, 2.05) is 76.2 Å². The zero-order chi connectivity index (χ0) is 20.3. The topological polar surface area (TPSA) is 65.2 Å². The number of aromatic hydroxyl groups is 2. The lowest BCUT2D eigenvalue weighted by molar-refractivity contribution is 0.473. The summed E-state index contributed by atoms with van der Waals surface area (Å²) in [6.45, 7) is 7.60. The number of benzene rings is 3. The van der Waals surface area contributed by atoms with Gasteiger partial charge in [0.15, 0.2) is 0 Å². The zero-order valence-corrected chi connectivity index (χ0v) is 16.6. The van der Waals surface area contributed by atoms with Crippen LogP contribution in [0.1, 0.15) is 36.1 Å². The Kier molecular flexibility index (Phi) is 5.59. The average molecular weight is 372 g/mol. The van der Waals surface area contributed by atoms with Gasteiger partial charge in [-0.2, -0.15) is 0 Å². The Morgan fingerprint density at radius 1 is 0.643 bits per heavy atom. The molecular formula is C24H24N2O2. The standard InChI is InChI=1S/C24H24N2O2/c1-15-9-11-19(23(27)13-15)17(3)25-21-7-5-6-8-22(21)26-18(4)20-12-10-16(2)14-24(20)28/h5-14,27-28H,1-4H3. The number of phenols is 2. The molecule has 0 aliphatic carbocycles. The molecule has 0 saturated heterocycles. The molecule has 4 heteroatoms. The van der Waals surface area contributed by atoms with Crippen LogP contribution in [0.2, 0.25) is 0 Å². The first-order chi connectivity index (χ1) is 13.3. The molecule has 142 valence electrons. The Bertz CT molecular complexity index is 995. The molecule has 0 saturated carbocycles. The summed E-state index contributed by atoms with van der Waals surface area (Å²) in [5.74, 6) is 0.422. The molecule has 3 aromatic rings. The molecule has 0 atom stereocenters. The fourth-order valence-corrected chi connectivity index (χ4v) is 3.03. The number of para-hydroxylation sites is 2. The van der Waals surface area contributed by atoms with Crippen molar-refractivity contribution in [3.05, 3.63) is 82.9 Å². The van der Waals surface area contributed by atoms with Crippen molar-refractivity contribution in [3.8, 4) is 11.5 Å². The molecule has 4 nitrogen and oxygen atoms in total. The third-order valence-electron chi connectivity index (χ3n) is 4.54. The second-order valence-electron chi connectivity index (χ2n) is 6.92. The maximum absolute atomic E-state index is 10.2. The highest BCUT2D eigenvalue weighted by Gasteiger charge is 2.09. The second kappa shape index (κ2) is 8.09. The van der Waals surface area contributed by atoms with Gasteiger partial charge in [0, 0.05) is 22.6 Å². The van der Waals surface area contributed by atoms with Gasteiger partial charge in [0.25, 0.3) is 0 Å². The monoisotopic (exact) mass is 372 g/mol. The van der Waals surface area contributed by atoms with Gasteiger partial charge in [-0.1, -0.05) is 24.3 Å². The van der Waals surface area contributed by atoms with Crippen LogP contribution in [0.4, 0.5) is 11.4 Å². The van der Waals surface area contributed by atoms with E-state index < -0.39 is 0 Å². The molecular weight excluding hydrogens is 348 g/mol. The van der Waals surface area contributed by atoms with E-state index in [1.54, 1.807) is 12.1 Å². The van der Waals surface area contributed by atoms with Gasteiger partial charge in [-0.3, -0.25) is 9.98 Å². The summed E-state index contributed by atoms with van der Waals surface area (Å²) in [4.78, 5) is 9.38. The zero-order valence-electron chi connectivity index (χ0n) is 16.6. The fourth-order valence-electron chi connectivity index (χ4n) is 3.03. The highest BCUT2D eigenvalue weighted by Crippen LogP contribution is 2.31. The van der Waals surface area contributed by atoms with Crippen LogP contribution in [0.25, 0.3) is 0 Å². The second-order valence-corrected chi connectivity index (χ2v) is 6.92. The Morgan fingerprint density at radius 3 is 1.39 bits per heavy atom. The predicted octanol–water partition coefficient (Wildman–Crippen LogP) is 6.00. The van der Waals surface area contributed by atoms with E-state index in [-0.39, 0.29) is 11.5 Å². The Morgan fingerprint density at radius 2 is 1.04 bits per heavy atom. The van der Waals surface area contributed by atoms with E-state index >= 15 is 0 Å². The minimum atomic E-state index is 0.211. The maximum Gasteiger partial charge on any atom is 0.124 e. The lowest BCUT2D eigenvalue weighted by atomic mass is 10.1. The van der Waals surface area contributed by atoms with E-state index in [9.17, 15) is 10.2 Å². The van der Waals surface area contributed by atoms with Crippen LogP contribution in [0, 0.1) is 13.8 Å². The van der Waals surface area contributed by atoms with Crippen LogP contribution in [-0.2, 0) is 0 Å². The van der Waals surface area contributed by atoms with E-state index in [1.165, 1.54) is 0 Å². The van der Waals surface area contributed by atoms with Crippen molar-refractivity contribution in [3.63, 3.8) is 0 Å². The number of nitrogens with zero attached hydrogens (tertiary/aromatic N) is 2. The van der Waals surface area contributed by atoms with E-state index in [4.69, 9.17) is 9.98 Å². The largest absolute Gasteiger partial charge is 0.507 e. The van der Waals surface area contributed by atoms with Gasteiger partial charge in [-0.05, 0) is 75.2 Å². The molecule has 0 unspecified atom stereocenters. The van der Waals surface area contributed by atoms with Gasteiger partial charge in [-0.25, -0.2) is 0 Å². The van der Waals surface area contributed by atoms with Crippen molar-refractivity contribution in [2.24, 2.45) is 9.98 Å². The first kappa shape index (κ1) is 19.4. The minimum Gasteiger partial charge on any atom is -0.507 e. The van der Waals surface area contributed by atoms with Crippen molar-refractivity contribution in [2.75, 3.05) is 0 Å². The molecule has 0 radical (unpaired) electrons. The van der Waals surface area contributed by atoms with E-state index in [0.29, 0.717) is 33.9 Å². The van der Waals surface area contributed by atoms with E-state index in [2.05, 4.69) is 0 Å². The lowest BCUT2D eigenvalue weighted by Gasteiger charge is -2.08. The number of hydrogen-bond donors (Lipinski definition) is 2. The number of aryl methyl sites for hydroxylation is 2. The first-order valence-corrected chi connectivity index (χ1v) is 9.15. The van der Waals surface area contributed by atoms with Crippen molar-refractivity contribution in [2.45, 2.75) is 27.7 Å². The van der Waals surface area contributed by atoms with Crippen molar-refractivity contribution in [1.29, 1.82) is 0 Å². The normalized spacial score (nSPS) is 12.3. The molecule has 0 spiro atoms. The van der Waals surface area contributed by atoms with Gasteiger partial charge < -0.3 is 10.2 Å². The van der Waals surface area contributed by atoms with Crippen LogP contribution in [0.3, 0.4) is 0 Å². The third kappa shape index (κ3) is 4.29. The highest BCUT2D eigenvalue weighted by molar-refractivity contribution is 6.05. The summed E-state index contributed by atoms with van der Waals surface area (Å²) >= 11 is 0. The van der Waals surface area contributed by atoms with Gasteiger partial charge in [0.05, 0.1) is 11.4 Å². The highest BCUT2D eigenvalue weighted by atomic mass is 16.3. The predicted molar refractivity (Wildman–Crippen MR) is 116 cm³/mol. The van der Waals surface area contributed by atoms with Crippen LogP contribution in [-0.4, -0.2) is 21.6 Å². The van der Waals surface area contributed by atoms with Gasteiger partial charge in [0.2, 0.25) is 0 Å². The molecule has 0 aromatic heterocycles.